The highest BCUT2D eigenvalue weighted by atomic mass is 16.5. The molecule has 2 aliphatic rings. The first kappa shape index (κ1) is 13.7. The van der Waals surface area contributed by atoms with Crippen molar-refractivity contribution < 1.29 is 9.47 Å². The van der Waals surface area contributed by atoms with Crippen molar-refractivity contribution in [3.8, 4) is 11.5 Å². The van der Waals surface area contributed by atoms with Gasteiger partial charge in [-0.2, -0.15) is 0 Å². The fraction of sp³-hybridized carbons (Fsp3) is 0.647. The van der Waals surface area contributed by atoms with Crippen molar-refractivity contribution in [3.05, 3.63) is 23.3 Å². The third-order valence-corrected chi connectivity index (χ3v) is 4.35. The average molecular weight is 275 g/mol. The van der Waals surface area contributed by atoms with Gasteiger partial charge in [-0.15, -0.1) is 0 Å². The van der Waals surface area contributed by atoms with Crippen LogP contribution in [0.2, 0.25) is 0 Å². The topological polar surface area (TPSA) is 30.5 Å². The summed E-state index contributed by atoms with van der Waals surface area (Å²) in [6, 6.07) is 4.96. The zero-order valence-corrected chi connectivity index (χ0v) is 12.4. The van der Waals surface area contributed by atoms with Crippen molar-refractivity contribution in [2.45, 2.75) is 51.5 Å². The predicted molar refractivity (Wildman–Crippen MR) is 80.8 cm³/mol. The van der Waals surface area contributed by atoms with Crippen LogP contribution >= 0.6 is 0 Å². The van der Waals surface area contributed by atoms with Crippen molar-refractivity contribution in [1.29, 1.82) is 0 Å². The second kappa shape index (κ2) is 6.49. The summed E-state index contributed by atoms with van der Waals surface area (Å²) in [5.41, 5.74) is 2.77. The zero-order valence-electron chi connectivity index (χ0n) is 12.4. The van der Waals surface area contributed by atoms with E-state index in [1.165, 1.54) is 30.4 Å². The number of piperidine rings is 1. The Morgan fingerprint density at radius 2 is 2.05 bits per heavy atom. The van der Waals surface area contributed by atoms with Gasteiger partial charge in [0.05, 0.1) is 13.2 Å². The lowest BCUT2D eigenvalue weighted by molar-refractivity contribution is 0.296. The SMILES string of the molecule is CCc1c(CC2CCCCN2)ccc2c1OCCCO2. The number of nitrogens with one attached hydrogen (secondary N) is 1. The minimum Gasteiger partial charge on any atom is -0.490 e. The molecule has 0 aromatic heterocycles. The van der Waals surface area contributed by atoms with Gasteiger partial charge in [-0.05, 0) is 43.9 Å². The van der Waals surface area contributed by atoms with Gasteiger partial charge in [0.1, 0.15) is 0 Å². The maximum atomic E-state index is 5.95. The minimum absolute atomic E-state index is 0.624. The van der Waals surface area contributed by atoms with Gasteiger partial charge in [-0.3, -0.25) is 0 Å². The molecule has 1 unspecified atom stereocenters. The summed E-state index contributed by atoms with van der Waals surface area (Å²) in [5, 5.41) is 3.64. The van der Waals surface area contributed by atoms with Gasteiger partial charge >= 0.3 is 0 Å². The fourth-order valence-corrected chi connectivity index (χ4v) is 3.28. The average Bonchev–Trinajstić information content (AvgIpc) is 2.73. The van der Waals surface area contributed by atoms with Crippen LogP contribution in [0.15, 0.2) is 12.1 Å². The zero-order chi connectivity index (χ0) is 13.8. The van der Waals surface area contributed by atoms with Gasteiger partial charge in [0.25, 0.3) is 0 Å². The molecule has 2 heterocycles. The molecule has 110 valence electrons. The van der Waals surface area contributed by atoms with E-state index in [1.54, 1.807) is 0 Å². The van der Waals surface area contributed by atoms with Crippen LogP contribution in [0.5, 0.6) is 11.5 Å². The van der Waals surface area contributed by atoms with Crippen molar-refractivity contribution in [2.75, 3.05) is 19.8 Å². The highest BCUT2D eigenvalue weighted by Gasteiger charge is 2.20. The van der Waals surface area contributed by atoms with E-state index < -0.39 is 0 Å². The van der Waals surface area contributed by atoms with Gasteiger partial charge < -0.3 is 14.8 Å². The van der Waals surface area contributed by atoms with Crippen LogP contribution in [0.25, 0.3) is 0 Å². The quantitative estimate of drug-likeness (QED) is 0.919. The molecule has 1 aromatic carbocycles. The number of hydrogen-bond donors (Lipinski definition) is 1. The molecule has 1 aromatic rings. The molecule has 1 fully saturated rings. The van der Waals surface area contributed by atoms with Crippen molar-refractivity contribution in [1.82, 2.24) is 5.32 Å². The van der Waals surface area contributed by atoms with E-state index in [4.69, 9.17) is 9.47 Å². The Labute approximate surface area is 121 Å². The third kappa shape index (κ3) is 2.93. The lowest BCUT2D eigenvalue weighted by atomic mass is 9.93. The van der Waals surface area contributed by atoms with Crippen LogP contribution in [0.1, 0.15) is 43.7 Å². The first-order valence-corrected chi connectivity index (χ1v) is 8.02. The summed E-state index contributed by atoms with van der Waals surface area (Å²) in [7, 11) is 0. The summed E-state index contributed by atoms with van der Waals surface area (Å²) in [5.74, 6) is 1.93. The molecule has 3 nitrogen and oxygen atoms in total. The predicted octanol–water partition coefficient (Wildman–Crippen LogP) is 3.09. The third-order valence-electron chi connectivity index (χ3n) is 4.35. The molecule has 0 aliphatic carbocycles. The van der Waals surface area contributed by atoms with Crippen molar-refractivity contribution in [2.24, 2.45) is 0 Å². The molecule has 1 atom stereocenters. The molecule has 1 N–H and O–H groups in total. The Kier molecular flexibility index (Phi) is 4.46. The second-order valence-corrected chi connectivity index (χ2v) is 5.79. The summed E-state index contributed by atoms with van der Waals surface area (Å²) in [6.07, 6.45) is 7.05. The highest BCUT2D eigenvalue weighted by molar-refractivity contribution is 5.51. The van der Waals surface area contributed by atoms with E-state index >= 15 is 0 Å². The lowest BCUT2D eigenvalue weighted by Crippen LogP contribution is -2.35. The van der Waals surface area contributed by atoms with Gasteiger partial charge in [-0.1, -0.05) is 19.4 Å². The molecule has 1 saturated heterocycles. The molecular formula is C17H25NO2. The number of fused-ring (bicyclic) bond motifs is 1. The van der Waals surface area contributed by atoms with Gasteiger partial charge in [0, 0.05) is 18.0 Å². The molecule has 0 amide bonds. The summed E-state index contributed by atoms with van der Waals surface area (Å²) < 4.78 is 11.8. The molecule has 0 radical (unpaired) electrons. The van der Waals surface area contributed by atoms with E-state index in [2.05, 4.69) is 24.4 Å². The Balaban J connectivity index is 1.84. The molecule has 3 heteroatoms. The summed E-state index contributed by atoms with van der Waals surface area (Å²) in [4.78, 5) is 0. The van der Waals surface area contributed by atoms with Crippen LogP contribution in [0.3, 0.4) is 0 Å². The Hall–Kier alpha value is -1.22. The van der Waals surface area contributed by atoms with Crippen LogP contribution < -0.4 is 14.8 Å². The van der Waals surface area contributed by atoms with Gasteiger partial charge in [0.2, 0.25) is 0 Å². The van der Waals surface area contributed by atoms with E-state index in [0.29, 0.717) is 6.04 Å². The maximum absolute atomic E-state index is 5.95. The minimum atomic E-state index is 0.624. The summed E-state index contributed by atoms with van der Waals surface area (Å²) in [6.45, 7) is 4.91. The Bertz CT molecular complexity index is 453. The van der Waals surface area contributed by atoms with E-state index in [1.807, 2.05) is 0 Å². The molecule has 0 saturated carbocycles. The molecule has 0 bridgehead atoms. The number of hydrogen-bond acceptors (Lipinski definition) is 3. The lowest BCUT2D eigenvalue weighted by Gasteiger charge is -2.25. The van der Waals surface area contributed by atoms with Crippen molar-refractivity contribution >= 4 is 0 Å². The van der Waals surface area contributed by atoms with E-state index in [0.717, 1.165) is 50.5 Å². The van der Waals surface area contributed by atoms with Gasteiger partial charge in [-0.25, -0.2) is 0 Å². The molecule has 0 spiro atoms. The fourth-order valence-electron chi connectivity index (χ4n) is 3.28. The number of ether oxygens (including phenoxy) is 2. The van der Waals surface area contributed by atoms with Crippen LogP contribution in [-0.4, -0.2) is 25.8 Å². The molecule has 3 rings (SSSR count). The van der Waals surface area contributed by atoms with Gasteiger partial charge in [0.15, 0.2) is 11.5 Å². The monoisotopic (exact) mass is 275 g/mol. The molecule has 20 heavy (non-hydrogen) atoms. The van der Waals surface area contributed by atoms with E-state index in [-0.39, 0.29) is 0 Å². The second-order valence-electron chi connectivity index (χ2n) is 5.79. The Morgan fingerprint density at radius 1 is 1.15 bits per heavy atom. The summed E-state index contributed by atoms with van der Waals surface area (Å²) >= 11 is 0. The largest absolute Gasteiger partial charge is 0.490 e. The highest BCUT2D eigenvalue weighted by Crippen LogP contribution is 2.36. The number of rotatable bonds is 3. The first-order chi connectivity index (χ1) is 9.88. The van der Waals surface area contributed by atoms with Crippen LogP contribution in [0.4, 0.5) is 0 Å². The maximum Gasteiger partial charge on any atom is 0.164 e. The van der Waals surface area contributed by atoms with Crippen LogP contribution in [0, 0.1) is 0 Å². The van der Waals surface area contributed by atoms with Crippen LogP contribution in [-0.2, 0) is 12.8 Å². The first-order valence-electron chi connectivity index (χ1n) is 8.02. The molecular weight excluding hydrogens is 250 g/mol. The smallest absolute Gasteiger partial charge is 0.164 e. The van der Waals surface area contributed by atoms with E-state index in [9.17, 15) is 0 Å². The Morgan fingerprint density at radius 3 is 2.85 bits per heavy atom. The van der Waals surface area contributed by atoms with Crippen molar-refractivity contribution in [3.63, 3.8) is 0 Å². The standard InChI is InChI=1S/C17H25NO2/c1-2-15-13(12-14-6-3-4-9-18-14)7-8-16-17(15)20-11-5-10-19-16/h7-8,14,18H,2-6,9-12H2,1H3. The number of benzene rings is 1. The normalized spacial score (nSPS) is 22.4. The molecule has 2 aliphatic heterocycles.